The van der Waals surface area contributed by atoms with Crippen LogP contribution in [0.4, 0.5) is 0 Å². The van der Waals surface area contributed by atoms with Crippen LogP contribution >= 0.6 is 0 Å². The molecule has 0 aromatic heterocycles. The first kappa shape index (κ1) is 19.4. The van der Waals surface area contributed by atoms with E-state index in [0.717, 1.165) is 29.1 Å². The minimum atomic E-state index is -3.73. The number of amides is 1. The van der Waals surface area contributed by atoms with Gasteiger partial charge in [0, 0.05) is 19.7 Å². The quantitative estimate of drug-likeness (QED) is 0.855. The Morgan fingerprint density at radius 1 is 1.19 bits per heavy atom. The van der Waals surface area contributed by atoms with Gasteiger partial charge >= 0.3 is 0 Å². The summed E-state index contributed by atoms with van der Waals surface area (Å²) in [5, 5.41) is 3.05. The van der Waals surface area contributed by atoms with Gasteiger partial charge in [-0.3, -0.25) is 4.79 Å². The number of aryl methyl sites for hydroxylation is 1. The van der Waals surface area contributed by atoms with Crippen LogP contribution in [0.5, 0.6) is 5.75 Å². The molecule has 0 aliphatic heterocycles. The van der Waals surface area contributed by atoms with Gasteiger partial charge in [-0.05, 0) is 48.6 Å². The molecule has 0 heterocycles. The molecule has 1 unspecified atom stereocenters. The minimum Gasteiger partial charge on any atom is -0.495 e. The van der Waals surface area contributed by atoms with Crippen molar-refractivity contribution < 1.29 is 17.9 Å². The summed E-state index contributed by atoms with van der Waals surface area (Å²) < 4.78 is 31.4. The molecule has 144 valence electrons. The maximum atomic E-state index is 12.8. The number of nitrogens with zero attached hydrogens (tertiary/aromatic N) is 1. The van der Waals surface area contributed by atoms with Crippen LogP contribution in [0.2, 0.25) is 0 Å². The maximum Gasteiger partial charge on any atom is 0.251 e. The van der Waals surface area contributed by atoms with E-state index >= 15 is 0 Å². The Morgan fingerprint density at radius 2 is 1.93 bits per heavy atom. The van der Waals surface area contributed by atoms with Crippen LogP contribution in [0.1, 0.15) is 40.4 Å². The number of carbonyl (C=O) groups is 1. The fourth-order valence-corrected chi connectivity index (χ4v) is 4.44. The summed E-state index contributed by atoms with van der Waals surface area (Å²) in [4.78, 5) is 12.8. The summed E-state index contributed by atoms with van der Waals surface area (Å²) in [7, 11) is 0.566. The monoisotopic (exact) mass is 388 g/mol. The van der Waals surface area contributed by atoms with Crippen LogP contribution in [-0.4, -0.2) is 39.8 Å². The normalized spacial score (nSPS) is 16.7. The van der Waals surface area contributed by atoms with Crippen molar-refractivity contribution in [2.24, 2.45) is 0 Å². The highest BCUT2D eigenvalue weighted by Gasteiger charge is 2.26. The van der Waals surface area contributed by atoms with Crippen molar-refractivity contribution in [3.63, 3.8) is 0 Å². The van der Waals surface area contributed by atoms with E-state index in [9.17, 15) is 13.2 Å². The number of methoxy groups -OCH3 is 1. The molecule has 27 heavy (non-hydrogen) atoms. The molecule has 1 aliphatic carbocycles. The fourth-order valence-electron chi connectivity index (χ4n) is 3.36. The van der Waals surface area contributed by atoms with E-state index in [0.29, 0.717) is 5.56 Å². The van der Waals surface area contributed by atoms with Gasteiger partial charge in [-0.15, -0.1) is 0 Å². The van der Waals surface area contributed by atoms with E-state index in [2.05, 4.69) is 11.4 Å². The van der Waals surface area contributed by atoms with Gasteiger partial charge in [0.1, 0.15) is 10.6 Å². The second-order valence-corrected chi connectivity index (χ2v) is 8.89. The highest BCUT2D eigenvalue weighted by Crippen LogP contribution is 2.31. The molecule has 0 bridgehead atoms. The number of rotatable bonds is 5. The van der Waals surface area contributed by atoms with E-state index < -0.39 is 10.0 Å². The Morgan fingerprint density at radius 3 is 2.63 bits per heavy atom. The maximum absolute atomic E-state index is 12.8. The zero-order valence-electron chi connectivity index (χ0n) is 15.7. The number of hydrogen-bond acceptors (Lipinski definition) is 4. The molecule has 0 radical (unpaired) electrons. The van der Waals surface area contributed by atoms with Gasteiger partial charge in [0.2, 0.25) is 10.0 Å². The Kier molecular flexibility index (Phi) is 5.53. The van der Waals surface area contributed by atoms with Crippen molar-refractivity contribution >= 4 is 15.9 Å². The summed E-state index contributed by atoms with van der Waals surface area (Å²) in [6.45, 7) is 0. The largest absolute Gasteiger partial charge is 0.495 e. The first-order chi connectivity index (χ1) is 12.8. The number of fused-ring (bicyclic) bond motifs is 1. The van der Waals surface area contributed by atoms with Crippen molar-refractivity contribution in [1.29, 1.82) is 0 Å². The number of hydrogen-bond donors (Lipinski definition) is 1. The molecule has 7 heteroatoms. The summed E-state index contributed by atoms with van der Waals surface area (Å²) in [6, 6.07) is 12.5. The van der Waals surface area contributed by atoms with Gasteiger partial charge < -0.3 is 10.1 Å². The highest BCUT2D eigenvalue weighted by molar-refractivity contribution is 7.89. The van der Waals surface area contributed by atoms with E-state index in [1.54, 1.807) is 6.07 Å². The van der Waals surface area contributed by atoms with Crippen LogP contribution in [0, 0.1) is 0 Å². The molecule has 1 aliphatic rings. The fraction of sp³-hybridized carbons (Fsp3) is 0.350. The van der Waals surface area contributed by atoms with Crippen molar-refractivity contribution in [3.8, 4) is 5.75 Å². The van der Waals surface area contributed by atoms with Gasteiger partial charge in [0.05, 0.1) is 13.2 Å². The zero-order chi connectivity index (χ0) is 19.6. The van der Waals surface area contributed by atoms with Crippen LogP contribution in [0.25, 0.3) is 0 Å². The second-order valence-electron chi connectivity index (χ2n) is 6.77. The number of carbonyl (C=O) groups excluding carboxylic acids is 1. The van der Waals surface area contributed by atoms with Gasteiger partial charge in [-0.1, -0.05) is 24.3 Å². The van der Waals surface area contributed by atoms with Crippen LogP contribution in [-0.2, 0) is 16.4 Å². The molecule has 6 nitrogen and oxygen atoms in total. The lowest BCUT2D eigenvalue weighted by Gasteiger charge is -2.26. The lowest BCUT2D eigenvalue weighted by Crippen LogP contribution is -2.31. The van der Waals surface area contributed by atoms with Crippen LogP contribution < -0.4 is 10.1 Å². The lowest BCUT2D eigenvalue weighted by atomic mass is 9.87. The lowest BCUT2D eigenvalue weighted by molar-refractivity contribution is 0.0932. The van der Waals surface area contributed by atoms with E-state index in [4.69, 9.17) is 4.74 Å². The van der Waals surface area contributed by atoms with Gasteiger partial charge in [-0.2, -0.15) is 0 Å². The topological polar surface area (TPSA) is 75.7 Å². The van der Waals surface area contributed by atoms with E-state index in [1.807, 2.05) is 18.2 Å². The van der Waals surface area contributed by atoms with E-state index in [1.165, 1.54) is 38.9 Å². The average molecular weight is 388 g/mol. The highest BCUT2D eigenvalue weighted by atomic mass is 32.2. The predicted molar refractivity (Wildman–Crippen MR) is 103 cm³/mol. The zero-order valence-corrected chi connectivity index (χ0v) is 16.5. The summed E-state index contributed by atoms with van der Waals surface area (Å²) in [5.74, 6) is -0.0853. The first-order valence-electron chi connectivity index (χ1n) is 8.84. The molecular weight excluding hydrogens is 364 g/mol. The summed E-state index contributed by atoms with van der Waals surface area (Å²) in [6.07, 6.45) is 2.88. The van der Waals surface area contributed by atoms with Crippen molar-refractivity contribution in [3.05, 3.63) is 59.2 Å². The van der Waals surface area contributed by atoms with Crippen molar-refractivity contribution in [2.45, 2.75) is 30.2 Å². The Labute approximate surface area is 160 Å². The third-order valence-electron chi connectivity index (χ3n) is 4.86. The Hall–Kier alpha value is -2.38. The molecule has 0 spiro atoms. The SMILES string of the molecule is COc1ccc(C(=O)NC2CCCc3ccccc32)cc1S(=O)(=O)N(C)C. The second kappa shape index (κ2) is 7.70. The van der Waals surface area contributed by atoms with Gasteiger partial charge in [0.25, 0.3) is 5.91 Å². The van der Waals surface area contributed by atoms with Crippen LogP contribution in [0.15, 0.2) is 47.4 Å². The smallest absolute Gasteiger partial charge is 0.251 e. The van der Waals surface area contributed by atoms with E-state index in [-0.39, 0.29) is 22.6 Å². The standard InChI is InChI=1S/C20H24N2O4S/c1-22(2)27(24,25)19-13-15(11-12-18(19)26-3)20(23)21-17-10-6-8-14-7-4-5-9-16(14)17/h4-5,7,9,11-13,17H,6,8,10H2,1-3H3,(H,21,23). The third-order valence-corrected chi connectivity index (χ3v) is 6.70. The molecule has 2 aromatic rings. The van der Waals surface area contributed by atoms with Crippen molar-refractivity contribution in [1.82, 2.24) is 9.62 Å². The van der Waals surface area contributed by atoms with Gasteiger partial charge in [0.15, 0.2) is 0 Å². The van der Waals surface area contributed by atoms with Crippen molar-refractivity contribution in [2.75, 3.05) is 21.2 Å². The molecule has 1 N–H and O–H groups in total. The molecular formula is C20H24N2O4S. The Bertz CT molecular complexity index is 954. The predicted octanol–water partition coefficient (Wildman–Crippen LogP) is 2.75. The number of ether oxygens (including phenoxy) is 1. The Balaban J connectivity index is 1.90. The van der Waals surface area contributed by atoms with Crippen LogP contribution in [0.3, 0.4) is 0 Å². The number of sulfonamides is 1. The minimum absolute atomic E-state index is 0.0216. The number of nitrogens with one attached hydrogen (secondary N) is 1. The molecule has 0 saturated carbocycles. The molecule has 3 rings (SSSR count). The van der Waals surface area contributed by atoms with Gasteiger partial charge in [-0.25, -0.2) is 12.7 Å². The molecule has 1 amide bonds. The summed E-state index contributed by atoms with van der Waals surface area (Å²) >= 11 is 0. The average Bonchev–Trinajstić information content (AvgIpc) is 2.67. The number of benzene rings is 2. The third kappa shape index (κ3) is 3.84. The summed E-state index contributed by atoms with van der Waals surface area (Å²) in [5.41, 5.74) is 2.67. The molecule has 1 atom stereocenters. The molecule has 2 aromatic carbocycles. The molecule has 0 fully saturated rings. The first-order valence-corrected chi connectivity index (χ1v) is 10.3. The molecule has 0 saturated heterocycles.